The van der Waals surface area contributed by atoms with Gasteiger partial charge in [-0.25, -0.2) is 4.39 Å². The number of benzene rings is 1. The van der Waals surface area contributed by atoms with Crippen LogP contribution in [-0.2, 0) is 9.53 Å². The zero-order chi connectivity index (χ0) is 20.0. The third kappa shape index (κ3) is 3.10. The lowest BCUT2D eigenvalue weighted by molar-refractivity contribution is -0.142. The number of hydrogen-bond donors (Lipinski definition) is 0. The molecule has 5 rings (SSSR count). The summed E-state index contributed by atoms with van der Waals surface area (Å²) in [5.41, 5.74) is -0.161. The smallest absolute Gasteiger partial charge is 0.257 e. The maximum atomic E-state index is 13.8. The molecule has 3 atom stereocenters. The van der Waals surface area contributed by atoms with E-state index in [9.17, 15) is 14.0 Å². The number of allylic oxidation sites excluding steroid dienone is 3. The van der Waals surface area contributed by atoms with Crippen molar-refractivity contribution in [1.29, 1.82) is 0 Å². The van der Waals surface area contributed by atoms with E-state index in [0.717, 1.165) is 12.8 Å². The third-order valence-electron chi connectivity index (χ3n) is 6.80. The Morgan fingerprint density at radius 3 is 2.62 bits per heavy atom. The topological polar surface area (TPSA) is 49.9 Å². The van der Waals surface area contributed by atoms with Crippen LogP contribution in [0.2, 0.25) is 0 Å². The van der Waals surface area contributed by atoms with Crippen LogP contribution >= 0.6 is 0 Å². The molecule has 3 fully saturated rings. The fourth-order valence-electron chi connectivity index (χ4n) is 5.26. The molecular formula is C23H25FN2O3. The normalized spacial score (nSPS) is 30.6. The Morgan fingerprint density at radius 1 is 1.14 bits per heavy atom. The number of rotatable bonds is 2. The molecule has 1 aromatic rings. The molecular weight excluding hydrogens is 371 g/mol. The first-order chi connectivity index (χ1) is 14.1. The highest BCUT2D eigenvalue weighted by atomic mass is 19.1. The molecule has 5 nitrogen and oxygen atoms in total. The van der Waals surface area contributed by atoms with Crippen LogP contribution in [0.4, 0.5) is 4.39 Å². The second-order valence-electron chi connectivity index (χ2n) is 8.45. The summed E-state index contributed by atoms with van der Waals surface area (Å²) in [4.78, 5) is 29.8. The van der Waals surface area contributed by atoms with Crippen LogP contribution in [0.3, 0.4) is 0 Å². The number of carbonyl (C=O) groups is 2. The number of halogens is 1. The third-order valence-corrected chi connectivity index (χ3v) is 6.80. The SMILES string of the molecule is O=C(c1ccccc1)N1CCC2(CC1)O[C@@H]1CC[C@@H](C3C=CC=C(F)C3)N1C2=O. The molecule has 29 heavy (non-hydrogen) atoms. The number of ether oxygens (including phenoxy) is 1. The minimum absolute atomic E-state index is 0.00104. The van der Waals surface area contributed by atoms with Gasteiger partial charge in [0.05, 0.1) is 0 Å². The first kappa shape index (κ1) is 18.6. The first-order valence-electron chi connectivity index (χ1n) is 10.5. The molecule has 152 valence electrons. The second-order valence-corrected chi connectivity index (χ2v) is 8.45. The molecule has 1 unspecified atom stereocenters. The summed E-state index contributed by atoms with van der Waals surface area (Å²) in [5, 5.41) is 0. The average Bonchev–Trinajstić information content (AvgIpc) is 3.27. The van der Waals surface area contributed by atoms with Crippen molar-refractivity contribution in [2.45, 2.75) is 50.0 Å². The minimum atomic E-state index is -0.830. The molecule has 0 aromatic heterocycles. The zero-order valence-corrected chi connectivity index (χ0v) is 16.3. The molecule has 3 saturated heterocycles. The fraction of sp³-hybridized carbons (Fsp3) is 0.478. The number of hydrogen-bond acceptors (Lipinski definition) is 3. The van der Waals surface area contributed by atoms with Gasteiger partial charge in [0.25, 0.3) is 11.8 Å². The Labute approximate surface area is 169 Å². The molecule has 6 heteroatoms. The van der Waals surface area contributed by atoms with Crippen molar-refractivity contribution >= 4 is 11.8 Å². The monoisotopic (exact) mass is 396 g/mol. The molecule has 0 radical (unpaired) electrons. The lowest BCUT2D eigenvalue weighted by Gasteiger charge is -2.38. The summed E-state index contributed by atoms with van der Waals surface area (Å²) in [5.74, 6) is -0.0949. The van der Waals surface area contributed by atoms with Crippen molar-refractivity contribution < 1.29 is 18.7 Å². The highest BCUT2D eigenvalue weighted by Crippen LogP contribution is 2.45. The summed E-state index contributed by atoms with van der Waals surface area (Å²) >= 11 is 0. The summed E-state index contributed by atoms with van der Waals surface area (Å²) in [7, 11) is 0. The van der Waals surface area contributed by atoms with E-state index in [0.29, 0.717) is 37.9 Å². The van der Waals surface area contributed by atoms with E-state index in [1.165, 1.54) is 6.08 Å². The summed E-state index contributed by atoms with van der Waals surface area (Å²) in [6, 6.07) is 9.22. The Hall–Kier alpha value is -2.47. The van der Waals surface area contributed by atoms with E-state index in [1.54, 1.807) is 6.08 Å². The van der Waals surface area contributed by atoms with E-state index >= 15 is 0 Å². The fourth-order valence-corrected chi connectivity index (χ4v) is 5.26. The molecule has 3 aliphatic heterocycles. The van der Waals surface area contributed by atoms with Crippen molar-refractivity contribution in [2.75, 3.05) is 13.1 Å². The standard InChI is InChI=1S/C23H25FN2O3/c24-18-8-4-7-17(15-18)19-9-10-20-26(19)22(28)23(29-20)11-13-25(14-12-23)21(27)16-5-2-1-3-6-16/h1-8,17,19-20H,9-15H2/t17?,19-,20+/m0/s1. The predicted octanol–water partition coefficient (Wildman–Crippen LogP) is 3.44. The number of piperidine rings is 1. The van der Waals surface area contributed by atoms with E-state index < -0.39 is 5.60 Å². The molecule has 1 aliphatic carbocycles. The van der Waals surface area contributed by atoms with Gasteiger partial charge >= 0.3 is 0 Å². The largest absolute Gasteiger partial charge is 0.342 e. The van der Waals surface area contributed by atoms with Gasteiger partial charge in [-0.15, -0.1) is 0 Å². The predicted molar refractivity (Wildman–Crippen MR) is 105 cm³/mol. The van der Waals surface area contributed by atoms with Gasteiger partial charge in [0.1, 0.15) is 12.1 Å². The van der Waals surface area contributed by atoms with E-state index in [-0.39, 0.29) is 35.8 Å². The molecule has 0 N–H and O–H groups in total. The van der Waals surface area contributed by atoms with Crippen LogP contribution in [0.25, 0.3) is 0 Å². The average molecular weight is 396 g/mol. The summed E-state index contributed by atoms with van der Waals surface area (Å²) in [6.45, 7) is 1.01. The van der Waals surface area contributed by atoms with Gasteiger partial charge in [-0.05, 0) is 31.1 Å². The summed E-state index contributed by atoms with van der Waals surface area (Å²) < 4.78 is 20.1. The zero-order valence-electron chi connectivity index (χ0n) is 16.3. The van der Waals surface area contributed by atoms with Gasteiger partial charge in [0.2, 0.25) is 0 Å². The lowest BCUT2D eigenvalue weighted by atomic mass is 9.87. The van der Waals surface area contributed by atoms with Crippen LogP contribution in [-0.4, -0.2) is 52.6 Å². The quantitative estimate of drug-likeness (QED) is 0.770. The molecule has 0 bridgehead atoms. The molecule has 1 spiro atoms. The number of likely N-dealkylation sites (tertiary alicyclic amines) is 1. The Morgan fingerprint density at radius 2 is 1.90 bits per heavy atom. The maximum absolute atomic E-state index is 13.8. The van der Waals surface area contributed by atoms with Crippen LogP contribution < -0.4 is 0 Å². The van der Waals surface area contributed by atoms with Gasteiger partial charge in [-0.3, -0.25) is 9.59 Å². The minimum Gasteiger partial charge on any atom is -0.342 e. The highest BCUT2D eigenvalue weighted by Gasteiger charge is 2.58. The molecule has 2 amide bonds. The molecule has 3 heterocycles. The summed E-state index contributed by atoms with van der Waals surface area (Å²) in [6.07, 6.45) is 8.05. The molecule has 4 aliphatic rings. The Kier molecular flexibility index (Phi) is 4.54. The van der Waals surface area contributed by atoms with Crippen molar-refractivity contribution in [3.05, 3.63) is 60.0 Å². The molecule has 1 aromatic carbocycles. The van der Waals surface area contributed by atoms with Crippen molar-refractivity contribution in [3.8, 4) is 0 Å². The number of amides is 2. The van der Waals surface area contributed by atoms with E-state index in [4.69, 9.17) is 4.74 Å². The van der Waals surface area contributed by atoms with Gasteiger partial charge in [0.15, 0.2) is 5.60 Å². The van der Waals surface area contributed by atoms with Crippen LogP contribution in [0, 0.1) is 5.92 Å². The maximum Gasteiger partial charge on any atom is 0.257 e. The van der Waals surface area contributed by atoms with Crippen molar-refractivity contribution in [2.24, 2.45) is 5.92 Å². The van der Waals surface area contributed by atoms with E-state index in [1.807, 2.05) is 46.2 Å². The van der Waals surface area contributed by atoms with E-state index in [2.05, 4.69) is 0 Å². The van der Waals surface area contributed by atoms with Crippen molar-refractivity contribution in [3.63, 3.8) is 0 Å². The number of fused-ring (bicyclic) bond motifs is 1. The first-order valence-corrected chi connectivity index (χ1v) is 10.5. The highest BCUT2D eigenvalue weighted by molar-refractivity contribution is 5.95. The van der Waals surface area contributed by atoms with Crippen molar-refractivity contribution in [1.82, 2.24) is 9.80 Å². The second kappa shape index (κ2) is 7.10. The number of carbonyl (C=O) groups excluding carboxylic acids is 2. The van der Waals surface area contributed by atoms with Crippen LogP contribution in [0.1, 0.15) is 42.5 Å². The van der Waals surface area contributed by atoms with Crippen LogP contribution in [0.15, 0.2) is 54.4 Å². The van der Waals surface area contributed by atoms with Gasteiger partial charge < -0.3 is 14.5 Å². The number of nitrogens with zero attached hydrogens (tertiary/aromatic N) is 2. The Bertz CT molecular complexity index is 873. The van der Waals surface area contributed by atoms with Crippen LogP contribution in [0.5, 0.6) is 0 Å². The lowest BCUT2D eigenvalue weighted by Crippen LogP contribution is -2.52. The van der Waals surface area contributed by atoms with Gasteiger partial charge in [-0.1, -0.05) is 30.4 Å². The van der Waals surface area contributed by atoms with Gasteiger partial charge in [0, 0.05) is 49.9 Å². The van der Waals surface area contributed by atoms with Gasteiger partial charge in [-0.2, -0.15) is 0 Å². The Balaban J connectivity index is 1.28. The molecule has 0 saturated carbocycles.